The molecule has 0 fully saturated rings. The summed E-state index contributed by atoms with van der Waals surface area (Å²) in [5.41, 5.74) is 11.2. The number of benzene rings is 2. The maximum atomic E-state index is 12.2. The van der Waals surface area contributed by atoms with Crippen LogP contribution in [0.15, 0.2) is 66.9 Å². The van der Waals surface area contributed by atoms with Crippen LogP contribution in [0.4, 0.5) is 10.5 Å². The molecule has 0 aliphatic rings. The number of carbonyl (C=O) groups is 1. The van der Waals surface area contributed by atoms with Crippen LogP contribution >= 0.6 is 0 Å². The van der Waals surface area contributed by atoms with E-state index in [4.69, 9.17) is 9.72 Å². The van der Waals surface area contributed by atoms with Gasteiger partial charge in [0, 0.05) is 40.6 Å². The van der Waals surface area contributed by atoms with Crippen molar-refractivity contribution in [3.8, 4) is 17.0 Å². The first-order valence-electron chi connectivity index (χ1n) is 9.61. The number of carbonyl (C=O) groups excluding carboxylic acids is 1. The quantitative estimate of drug-likeness (QED) is 0.361. The fraction of sp³-hybridized carbons (Fsp3) is 0.130. The molecule has 4 N–H and O–H groups in total. The van der Waals surface area contributed by atoms with Crippen LogP contribution in [-0.4, -0.2) is 23.1 Å². The Morgan fingerprint density at radius 2 is 1.87 bits per heavy atom. The Labute approximate surface area is 174 Å². The molecule has 0 bridgehead atoms. The van der Waals surface area contributed by atoms with Gasteiger partial charge >= 0.3 is 6.03 Å². The number of urea groups is 1. The van der Waals surface area contributed by atoms with Gasteiger partial charge in [-0.2, -0.15) is 0 Å². The van der Waals surface area contributed by atoms with Gasteiger partial charge in [0.1, 0.15) is 5.75 Å². The smallest absolute Gasteiger partial charge is 0.333 e. The van der Waals surface area contributed by atoms with E-state index in [-0.39, 0.29) is 6.03 Å². The number of nitrogens with one attached hydrogen (secondary N) is 4. The number of hydrogen-bond acceptors (Lipinski definition) is 4. The molecule has 0 saturated carbocycles. The Balaban J connectivity index is 1.44. The molecule has 2 aromatic carbocycles. The van der Waals surface area contributed by atoms with Crippen LogP contribution in [0.5, 0.6) is 5.75 Å². The Kier molecular flexibility index (Phi) is 5.63. The van der Waals surface area contributed by atoms with Crippen molar-refractivity contribution in [3.63, 3.8) is 0 Å². The monoisotopic (exact) mass is 401 g/mol. The highest BCUT2D eigenvalue weighted by Crippen LogP contribution is 2.29. The number of methoxy groups -OCH3 is 1. The van der Waals surface area contributed by atoms with Gasteiger partial charge < -0.3 is 15.0 Å². The standard InChI is InChI=1S/C23H23N5O2/c1-15-7-8-16(22(26-15)20-14-24-21-6-4-3-5-19(20)21)13-25-28-23(29)27-17-9-11-18(30-2)12-10-17/h3-12,14,24-25H,13H2,1-2H3,(H2,27,28,29). The third-order valence-electron chi connectivity index (χ3n) is 4.79. The highest BCUT2D eigenvalue weighted by atomic mass is 16.5. The van der Waals surface area contributed by atoms with E-state index in [1.165, 1.54) is 0 Å². The summed E-state index contributed by atoms with van der Waals surface area (Å²) in [4.78, 5) is 20.2. The average Bonchev–Trinajstić information content (AvgIpc) is 3.19. The molecule has 0 radical (unpaired) electrons. The molecule has 2 aromatic heterocycles. The average molecular weight is 401 g/mol. The lowest BCUT2D eigenvalue weighted by atomic mass is 10.0. The Hall–Kier alpha value is -3.84. The molecule has 4 aromatic rings. The van der Waals surface area contributed by atoms with Crippen LogP contribution < -0.4 is 20.9 Å². The first kappa shape index (κ1) is 19.5. The zero-order chi connectivity index (χ0) is 20.9. The maximum absolute atomic E-state index is 12.2. The second-order valence-corrected chi connectivity index (χ2v) is 6.87. The van der Waals surface area contributed by atoms with Crippen LogP contribution in [0.3, 0.4) is 0 Å². The van der Waals surface area contributed by atoms with E-state index in [1.807, 2.05) is 43.5 Å². The summed E-state index contributed by atoms with van der Waals surface area (Å²) >= 11 is 0. The summed E-state index contributed by atoms with van der Waals surface area (Å²) in [7, 11) is 1.60. The number of rotatable bonds is 6. The molecule has 2 heterocycles. The van der Waals surface area contributed by atoms with E-state index in [0.717, 1.165) is 39.2 Å². The van der Waals surface area contributed by atoms with E-state index in [1.54, 1.807) is 31.4 Å². The van der Waals surface area contributed by atoms with Crippen molar-refractivity contribution in [2.75, 3.05) is 12.4 Å². The molecule has 0 aliphatic carbocycles. The molecular formula is C23H23N5O2. The molecule has 152 valence electrons. The van der Waals surface area contributed by atoms with Crippen molar-refractivity contribution in [2.24, 2.45) is 0 Å². The molecule has 0 atom stereocenters. The van der Waals surface area contributed by atoms with Crippen LogP contribution in [0.2, 0.25) is 0 Å². The second kappa shape index (κ2) is 8.67. The van der Waals surface area contributed by atoms with E-state index in [0.29, 0.717) is 12.2 Å². The molecule has 0 unspecified atom stereocenters. The predicted octanol–water partition coefficient (Wildman–Crippen LogP) is 4.37. The van der Waals surface area contributed by atoms with Gasteiger partial charge in [0.05, 0.1) is 12.8 Å². The van der Waals surface area contributed by atoms with Crippen LogP contribution in [0.1, 0.15) is 11.3 Å². The van der Waals surface area contributed by atoms with Gasteiger partial charge in [-0.3, -0.25) is 10.4 Å². The summed E-state index contributed by atoms with van der Waals surface area (Å²) in [6, 6.07) is 18.9. The van der Waals surface area contributed by atoms with Gasteiger partial charge in [0.25, 0.3) is 0 Å². The Morgan fingerprint density at radius 3 is 2.67 bits per heavy atom. The molecule has 30 heavy (non-hydrogen) atoms. The first-order chi connectivity index (χ1) is 14.6. The third kappa shape index (κ3) is 4.26. The van der Waals surface area contributed by atoms with Gasteiger partial charge in [0.15, 0.2) is 0 Å². The van der Waals surface area contributed by atoms with E-state index >= 15 is 0 Å². The lowest BCUT2D eigenvalue weighted by Crippen LogP contribution is -2.39. The number of nitrogens with zero attached hydrogens (tertiary/aromatic N) is 1. The summed E-state index contributed by atoms with van der Waals surface area (Å²) in [5.74, 6) is 0.732. The number of pyridine rings is 1. The Morgan fingerprint density at radius 1 is 1.07 bits per heavy atom. The molecule has 7 heteroatoms. The number of fused-ring (bicyclic) bond motifs is 1. The van der Waals surface area contributed by atoms with E-state index in [9.17, 15) is 4.79 Å². The number of amides is 2. The van der Waals surface area contributed by atoms with Gasteiger partial charge in [-0.15, -0.1) is 0 Å². The zero-order valence-electron chi connectivity index (χ0n) is 16.8. The molecule has 0 saturated heterocycles. The van der Waals surface area contributed by atoms with Crippen molar-refractivity contribution in [1.29, 1.82) is 0 Å². The van der Waals surface area contributed by atoms with Gasteiger partial charge in [-0.25, -0.2) is 10.2 Å². The van der Waals surface area contributed by atoms with Crippen LogP contribution in [-0.2, 0) is 6.54 Å². The number of ether oxygens (including phenoxy) is 1. The molecular weight excluding hydrogens is 378 g/mol. The Bertz CT molecular complexity index is 1170. The number of para-hydroxylation sites is 1. The number of hydrazine groups is 1. The minimum absolute atomic E-state index is 0.353. The molecule has 0 spiro atoms. The number of aryl methyl sites for hydroxylation is 1. The second-order valence-electron chi connectivity index (χ2n) is 6.87. The molecule has 4 rings (SSSR count). The molecule has 2 amide bonds. The topological polar surface area (TPSA) is 91.1 Å². The summed E-state index contributed by atoms with van der Waals surface area (Å²) in [6.45, 7) is 2.40. The fourth-order valence-corrected chi connectivity index (χ4v) is 3.29. The zero-order valence-corrected chi connectivity index (χ0v) is 16.8. The number of aromatic nitrogens is 2. The number of H-pyrrole nitrogens is 1. The predicted molar refractivity (Wildman–Crippen MR) is 118 cm³/mol. The minimum Gasteiger partial charge on any atom is -0.497 e. The SMILES string of the molecule is COc1ccc(NC(=O)NNCc2ccc(C)nc2-c2c[nH]c3ccccc23)cc1. The number of anilines is 1. The number of aromatic amines is 1. The van der Waals surface area contributed by atoms with E-state index < -0.39 is 0 Å². The number of hydrogen-bond donors (Lipinski definition) is 4. The van der Waals surface area contributed by atoms with Gasteiger partial charge in [-0.1, -0.05) is 24.3 Å². The van der Waals surface area contributed by atoms with Crippen molar-refractivity contribution in [1.82, 2.24) is 20.8 Å². The minimum atomic E-state index is -0.353. The summed E-state index contributed by atoms with van der Waals surface area (Å²) < 4.78 is 5.12. The van der Waals surface area contributed by atoms with Gasteiger partial charge in [-0.05, 0) is 48.9 Å². The van der Waals surface area contributed by atoms with Crippen molar-refractivity contribution in [2.45, 2.75) is 13.5 Å². The van der Waals surface area contributed by atoms with Gasteiger partial charge in [0.2, 0.25) is 0 Å². The van der Waals surface area contributed by atoms with Crippen molar-refractivity contribution in [3.05, 3.63) is 78.1 Å². The largest absolute Gasteiger partial charge is 0.497 e. The fourth-order valence-electron chi connectivity index (χ4n) is 3.29. The summed E-state index contributed by atoms with van der Waals surface area (Å²) in [6.07, 6.45) is 1.97. The van der Waals surface area contributed by atoms with Crippen molar-refractivity contribution < 1.29 is 9.53 Å². The lowest BCUT2D eigenvalue weighted by Gasteiger charge is -2.12. The molecule has 0 aliphatic heterocycles. The lowest BCUT2D eigenvalue weighted by molar-refractivity contribution is 0.248. The highest BCUT2D eigenvalue weighted by molar-refractivity contribution is 5.95. The van der Waals surface area contributed by atoms with Crippen LogP contribution in [0.25, 0.3) is 22.2 Å². The molecule has 7 nitrogen and oxygen atoms in total. The summed E-state index contributed by atoms with van der Waals surface area (Å²) in [5, 5.41) is 3.88. The maximum Gasteiger partial charge on any atom is 0.333 e. The van der Waals surface area contributed by atoms with E-state index in [2.05, 4.69) is 27.2 Å². The van der Waals surface area contributed by atoms with Crippen molar-refractivity contribution >= 4 is 22.6 Å². The first-order valence-corrected chi connectivity index (χ1v) is 9.61. The highest BCUT2D eigenvalue weighted by Gasteiger charge is 2.12. The normalized spacial score (nSPS) is 10.7. The van der Waals surface area contributed by atoms with Crippen LogP contribution in [0, 0.1) is 6.92 Å². The third-order valence-corrected chi connectivity index (χ3v) is 4.79.